The van der Waals surface area contributed by atoms with Crippen molar-refractivity contribution in [1.29, 1.82) is 0 Å². The molecule has 1 aliphatic heterocycles. The second-order valence-corrected chi connectivity index (χ2v) is 5.88. The van der Waals surface area contributed by atoms with Crippen LogP contribution in [0.5, 0.6) is 0 Å². The van der Waals surface area contributed by atoms with Crippen LogP contribution in [0.3, 0.4) is 0 Å². The summed E-state index contributed by atoms with van der Waals surface area (Å²) in [5.74, 6) is -2.40. The van der Waals surface area contributed by atoms with Gasteiger partial charge in [0.2, 0.25) is 5.91 Å². The van der Waals surface area contributed by atoms with Gasteiger partial charge in [-0.15, -0.1) is 0 Å². The summed E-state index contributed by atoms with van der Waals surface area (Å²) in [6.45, 7) is -1.10. The van der Waals surface area contributed by atoms with E-state index in [2.05, 4.69) is 0 Å². The van der Waals surface area contributed by atoms with Crippen molar-refractivity contribution in [1.82, 2.24) is 0 Å². The number of nitrogens with zero attached hydrogens (tertiary/aromatic N) is 2. The highest BCUT2D eigenvalue weighted by molar-refractivity contribution is 5.92. The van der Waals surface area contributed by atoms with Crippen LogP contribution in [0.25, 0.3) is 0 Å². The number of rotatable bonds is 5. The fourth-order valence-electron chi connectivity index (χ4n) is 3.48. The van der Waals surface area contributed by atoms with E-state index >= 15 is 0 Å². The van der Waals surface area contributed by atoms with E-state index in [1.165, 1.54) is 0 Å². The van der Waals surface area contributed by atoms with E-state index in [9.17, 15) is 34.9 Å². The zero-order chi connectivity index (χ0) is 16.7. The van der Waals surface area contributed by atoms with Crippen LogP contribution in [0, 0.1) is 20.2 Å². The molecule has 1 saturated heterocycles. The first kappa shape index (κ1) is 15.8. The van der Waals surface area contributed by atoms with Gasteiger partial charge in [-0.3, -0.25) is 25.0 Å². The van der Waals surface area contributed by atoms with Crippen molar-refractivity contribution in [3.05, 3.63) is 31.9 Å². The molecule has 3 N–H and O–H groups in total. The predicted octanol–water partition coefficient (Wildman–Crippen LogP) is -4.13. The van der Waals surface area contributed by atoms with E-state index in [0.717, 1.165) is 6.08 Å². The Balaban J connectivity index is 2.54. The Kier molecular flexibility index (Phi) is 3.61. The average Bonchev–Trinajstić information content (AvgIpc) is 2.36. The lowest BCUT2D eigenvalue weighted by atomic mass is 9.69. The predicted molar refractivity (Wildman–Crippen MR) is 66.5 cm³/mol. The minimum absolute atomic E-state index is 0.160. The number of hydrogen-bond acceptors (Lipinski definition) is 7. The fraction of sp³-hybridized carbons (Fsp3) is 0.636. The molecule has 0 radical (unpaired) electrons. The number of fused-ring (bicyclic) bond motifs is 2. The number of amides is 1. The topological polar surface area (TPSA) is 174 Å². The molecule has 2 rings (SSSR count). The van der Waals surface area contributed by atoms with E-state index in [0.29, 0.717) is 0 Å². The second kappa shape index (κ2) is 5.02. The summed E-state index contributed by atoms with van der Waals surface area (Å²) in [7, 11) is 0. The standard InChI is InChI=1S/C11H14N4O7/c12-9(18)7-1-10(14(19)20)4-11(2-7,15(21)22)6-13(5-10)3-8(16)17/h1H,2-6H2,(H2,12,18)(H,16,17). The molecule has 11 heteroatoms. The van der Waals surface area contributed by atoms with Crippen LogP contribution in [0.15, 0.2) is 11.6 Å². The zero-order valence-electron chi connectivity index (χ0n) is 11.4. The van der Waals surface area contributed by atoms with Crippen molar-refractivity contribution in [3.63, 3.8) is 0 Å². The summed E-state index contributed by atoms with van der Waals surface area (Å²) >= 11 is 0. The smallest absolute Gasteiger partial charge is 0.295 e. The molecule has 2 aliphatic rings. The minimum atomic E-state index is -1.88. The summed E-state index contributed by atoms with van der Waals surface area (Å²) in [6.07, 6.45) is 0.306. The Morgan fingerprint density at radius 2 is 1.91 bits per heavy atom. The maximum absolute atomic E-state index is 11.5. The Hall–Kier alpha value is -2.56. The van der Waals surface area contributed by atoms with Crippen molar-refractivity contribution in [3.8, 4) is 0 Å². The first-order valence-electron chi connectivity index (χ1n) is 6.44. The van der Waals surface area contributed by atoms with Crippen LogP contribution in [0.4, 0.5) is 0 Å². The van der Waals surface area contributed by atoms with Crippen molar-refractivity contribution >= 4 is 11.9 Å². The molecule has 1 heterocycles. The first-order chi connectivity index (χ1) is 10.1. The molecule has 22 heavy (non-hydrogen) atoms. The van der Waals surface area contributed by atoms with Gasteiger partial charge < -0.3 is 20.5 Å². The number of nitrogens with one attached hydrogen (secondary N) is 1. The summed E-state index contributed by atoms with van der Waals surface area (Å²) in [4.78, 5) is 43.8. The normalized spacial score (nSPS) is 33.6. The van der Waals surface area contributed by atoms with Gasteiger partial charge in [-0.25, -0.2) is 0 Å². The number of primary amides is 1. The summed E-state index contributed by atoms with van der Waals surface area (Å²) in [5, 5.41) is 33.7. The fourth-order valence-corrected chi connectivity index (χ4v) is 3.48. The molecule has 0 spiro atoms. The van der Waals surface area contributed by atoms with E-state index in [-0.39, 0.29) is 30.0 Å². The van der Waals surface area contributed by atoms with E-state index in [4.69, 9.17) is 5.73 Å². The number of aliphatic carboxylic acids is 1. The molecule has 11 nitrogen and oxygen atoms in total. The van der Waals surface area contributed by atoms with Gasteiger partial charge in [0.05, 0.1) is 12.4 Å². The Bertz CT molecular complexity index is 603. The third-order valence-corrected chi connectivity index (χ3v) is 4.19. The number of piperidine rings is 1. The lowest BCUT2D eigenvalue weighted by molar-refractivity contribution is -0.938. The van der Waals surface area contributed by atoms with Gasteiger partial charge in [0.1, 0.15) is 19.5 Å². The summed E-state index contributed by atoms with van der Waals surface area (Å²) in [6, 6.07) is 0. The number of carboxylic acid groups (broad SMARTS) is 1. The van der Waals surface area contributed by atoms with Crippen LogP contribution in [0.2, 0.25) is 0 Å². The van der Waals surface area contributed by atoms with Crippen LogP contribution in [-0.4, -0.2) is 52.4 Å². The Morgan fingerprint density at radius 1 is 1.27 bits per heavy atom. The molecule has 3 unspecified atom stereocenters. The van der Waals surface area contributed by atoms with Crippen molar-refractivity contribution in [2.45, 2.75) is 23.9 Å². The molecule has 1 aliphatic carbocycles. The summed E-state index contributed by atoms with van der Waals surface area (Å²) < 4.78 is 0. The van der Waals surface area contributed by atoms with Crippen LogP contribution >= 0.6 is 0 Å². The average molecular weight is 314 g/mol. The minimum Gasteiger partial charge on any atom is -0.544 e. The van der Waals surface area contributed by atoms with Gasteiger partial charge in [-0.1, -0.05) is 0 Å². The lowest BCUT2D eigenvalue weighted by Crippen LogP contribution is -3.19. The third-order valence-electron chi connectivity index (χ3n) is 4.19. The zero-order valence-corrected chi connectivity index (χ0v) is 11.4. The highest BCUT2D eigenvalue weighted by Crippen LogP contribution is 2.39. The van der Waals surface area contributed by atoms with Crippen LogP contribution in [-0.2, 0) is 9.59 Å². The van der Waals surface area contributed by atoms with Gasteiger partial charge in [-0.05, 0) is 0 Å². The van der Waals surface area contributed by atoms with Gasteiger partial charge in [-0.2, -0.15) is 0 Å². The highest BCUT2D eigenvalue weighted by Gasteiger charge is 2.67. The van der Waals surface area contributed by atoms with Crippen molar-refractivity contribution < 1.29 is 29.4 Å². The number of quaternary nitrogens is 1. The Labute approximate surface area is 123 Å². The molecular weight excluding hydrogens is 300 g/mol. The molecule has 120 valence electrons. The van der Waals surface area contributed by atoms with E-state index < -0.39 is 45.8 Å². The number of likely N-dealkylation sites (tertiary alicyclic amines) is 1. The lowest BCUT2D eigenvalue weighted by Gasteiger charge is -2.42. The largest absolute Gasteiger partial charge is 0.544 e. The third kappa shape index (κ3) is 2.50. The molecule has 2 bridgehead atoms. The molecule has 0 aromatic rings. The maximum Gasteiger partial charge on any atom is 0.295 e. The molecule has 0 aromatic heterocycles. The summed E-state index contributed by atoms with van der Waals surface area (Å²) in [5.41, 5.74) is 1.32. The van der Waals surface area contributed by atoms with E-state index in [1.54, 1.807) is 0 Å². The van der Waals surface area contributed by atoms with Gasteiger partial charge in [0.15, 0.2) is 6.54 Å². The quantitative estimate of drug-likeness (QED) is 0.382. The van der Waals surface area contributed by atoms with Gasteiger partial charge >= 0.3 is 0 Å². The van der Waals surface area contributed by atoms with Crippen LogP contribution in [0.1, 0.15) is 12.8 Å². The van der Waals surface area contributed by atoms with Gasteiger partial charge in [0.25, 0.3) is 11.1 Å². The monoisotopic (exact) mass is 314 g/mol. The number of carbonyl (C=O) groups excluding carboxylic acids is 2. The van der Waals surface area contributed by atoms with Crippen molar-refractivity contribution in [2.24, 2.45) is 5.73 Å². The number of carbonyl (C=O) groups is 2. The first-order valence-corrected chi connectivity index (χ1v) is 6.44. The molecule has 0 saturated carbocycles. The maximum atomic E-state index is 11.5. The molecule has 1 amide bonds. The SMILES string of the molecule is NC(=O)C1=CC2([N+](=O)[O-])C[NH+](CC(=O)[O-])CC([N+](=O)[O-])(C1)C2. The highest BCUT2D eigenvalue weighted by atomic mass is 16.6. The molecule has 0 aromatic carbocycles. The number of carboxylic acids is 1. The molecule has 3 atom stereocenters. The molecule has 1 fully saturated rings. The number of nitro groups is 2. The number of nitrogens with two attached hydrogens (primary N) is 1. The second-order valence-electron chi connectivity index (χ2n) is 5.88. The number of hydrogen-bond donors (Lipinski definition) is 2. The van der Waals surface area contributed by atoms with Crippen LogP contribution < -0.4 is 15.7 Å². The van der Waals surface area contributed by atoms with Gasteiger partial charge in [0, 0.05) is 21.5 Å². The van der Waals surface area contributed by atoms with Crippen molar-refractivity contribution in [2.75, 3.05) is 19.6 Å². The Morgan fingerprint density at radius 3 is 2.36 bits per heavy atom. The molecular formula is C11H14N4O7. The van der Waals surface area contributed by atoms with E-state index in [1.807, 2.05) is 0 Å².